The number of halogens is 1. The monoisotopic (exact) mass is 484 g/mol. The maximum Gasteiger partial charge on any atom is 0.211 e. The third kappa shape index (κ3) is 6.78. The molecule has 0 aliphatic carbocycles. The van der Waals surface area contributed by atoms with Crippen molar-refractivity contribution in [3.63, 3.8) is 0 Å². The van der Waals surface area contributed by atoms with E-state index in [1.807, 2.05) is 26.0 Å². The summed E-state index contributed by atoms with van der Waals surface area (Å²) in [6.45, 7) is 5.92. The van der Waals surface area contributed by atoms with Crippen LogP contribution >= 0.6 is 24.0 Å². The molecule has 0 bridgehead atoms. The van der Waals surface area contributed by atoms with Gasteiger partial charge in [0.1, 0.15) is 11.5 Å². The van der Waals surface area contributed by atoms with Crippen molar-refractivity contribution in [2.45, 2.75) is 32.7 Å². The molecule has 1 fully saturated rings. The van der Waals surface area contributed by atoms with Gasteiger partial charge in [0.2, 0.25) is 10.0 Å². The average molecular weight is 484 g/mol. The molecule has 1 aromatic heterocycles. The molecule has 2 N–H and O–H groups in total. The number of rotatable bonds is 5. The molecular weight excluding hydrogens is 455 g/mol. The molecule has 144 valence electrons. The maximum atomic E-state index is 11.5. The van der Waals surface area contributed by atoms with Crippen LogP contribution in [-0.2, 0) is 10.0 Å². The molecule has 0 saturated carbocycles. The van der Waals surface area contributed by atoms with E-state index in [4.69, 9.17) is 4.42 Å². The van der Waals surface area contributed by atoms with Gasteiger partial charge in [0, 0.05) is 26.7 Å². The van der Waals surface area contributed by atoms with Gasteiger partial charge in [0.25, 0.3) is 0 Å². The van der Waals surface area contributed by atoms with Gasteiger partial charge in [0.05, 0.1) is 12.3 Å². The highest BCUT2D eigenvalue weighted by atomic mass is 127. The fourth-order valence-electron chi connectivity index (χ4n) is 2.84. The number of nitrogens with zero attached hydrogens (tertiary/aromatic N) is 2. The number of sulfonamides is 1. The second kappa shape index (κ2) is 9.77. The van der Waals surface area contributed by atoms with Crippen molar-refractivity contribution in [1.82, 2.24) is 14.9 Å². The van der Waals surface area contributed by atoms with Gasteiger partial charge in [-0.1, -0.05) is 0 Å². The van der Waals surface area contributed by atoms with Crippen molar-refractivity contribution in [2.24, 2.45) is 10.9 Å². The fraction of sp³-hybridized carbons (Fsp3) is 0.688. The van der Waals surface area contributed by atoms with Crippen molar-refractivity contribution in [3.05, 3.63) is 23.7 Å². The smallest absolute Gasteiger partial charge is 0.211 e. The van der Waals surface area contributed by atoms with Crippen molar-refractivity contribution in [2.75, 3.05) is 32.9 Å². The standard InChI is InChI=1S/C16H28N4O3S.HI/c1-12-5-6-15(23-12)13(2)19-16(17-3)18-11-14-7-9-20(10-8-14)24(4,21)22;/h5-6,13-14H,7-11H2,1-4H3,(H2,17,18,19);1H. The minimum Gasteiger partial charge on any atom is -0.464 e. The van der Waals surface area contributed by atoms with Crippen LogP contribution in [0.15, 0.2) is 21.5 Å². The molecule has 0 radical (unpaired) electrons. The predicted octanol–water partition coefficient (Wildman–Crippen LogP) is 2.10. The summed E-state index contributed by atoms with van der Waals surface area (Å²) in [5.74, 6) is 2.93. The first-order valence-electron chi connectivity index (χ1n) is 8.28. The summed E-state index contributed by atoms with van der Waals surface area (Å²) < 4.78 is 30.2. The Morgan fingerprint density at radius 1 is 1.40 bits per heavy atom. The molecule has 2 heterocycles. The molecule has 1 atom stereocenters. The number of hydrogen-bond acceptors (Lipinski definition) is 4. The minimum atomic E-state index is -3.06. The molecule has 0 spiro atoms. The molecule has 1 aliphatic rings. The molecule has 0 amide bonds. The van der Waals surface area contributed by atoms with Crippen LogP contribution < -0.4 is 10.6 Å². The summed E-state index contributed by atoms with van der Waals surface area (Å²) in [7, 11) is -1.33. The molecule has 25 heavy (non-hydrogen) atoms. The van der Waals surface area contributed by atoms with Crippen LogP contribution in [0.2, 0.25) is 0 Å². The van der Waals surface area contributed by atoms with Crippen molar-refractivity contribution >= 4 is 40.0 Å². The number of aryl methyl sites for hydroxylation is 1. The molecule has 0 aromatic carbocycles. The summed E-state index contributed by atoms with van der Waals surface area (Å²) in [6.07, 6.45) is 3.00. The number of piperidine rings is 1. The topological polar surface area (TPSA) is 86.9 Å². The van der Waals surface area contributed by atoms with Crippen LogP contribution in [0.5, 0.6) is 0 Å². The summed E-state index contributed by atoms with van der Waals surface area (Å²) in [6, 6.07) is 3.93. The Labute approximate surface area is 167 Å². The van der Waals surface area contributed by atoms with Crippen molar-refractivity contribution in [1.29, 1.82) is 0 Å². The van der Waals surface area contributed by atoms with Gasteiger partial charge in [-0.05, 0) is 44.7 Å². The van der Waals surface area contributed by atoms with E-state index in [1.54, 1.807) is 11.4 Å². The van der Waals surface area contributed by atoms with Gasteiger partial charge >= 0.3 is 0 Å². The van der Waals surface area contributed by atoms with Crippen LogP contribution in [0.4, 0.5) is 0 Å². The molecule has 1 aliphatic heterocycles. The molecule has 2 rings (SSSR count). The van der Waals surface area contributed by atoms with E-state index in [0.29, 0.717) is 19.0 Å². The van der Waals surface area contributed by atoms with E-state index in [2.05, 4.69) is 15.6 Å². The van der Waals surface area contributed by atoms with E-state index in [0.717, 1.165) is 36.9 Å². The Balaban J connectivity index is 0.00000312. The SMILES string of the molecule is CN=C(NCC1CCN(S(C)(=O)=O)CC1)NC(C)c1ccc(C)o1.I. The van der Waals surface area contributed by atoms with Gasteiger partial charge in [-0.3, -0.25) is 4.99 Å². The van der Waals surface area contributed by atoms with E-state index >= 15 is 0 Å². The van der Waals surface area contributed by atoms with Gasteiger partial charge in [0.15, 0.2) is 5.96 Å². The molecule has 9 heteroatoms. The van der Waals surface area contributed by atoms with Crippen LogP contribution in [0, 0.1) is 12.8 Å². The third-order valence-electron chi connectivity index (χ3n) is 4.37. The quantitative estimate of drug-likeness (QED) is 0.380. The second-order valence-corrected chi connectivity index (χ2v) is 8.36. The predicted molar refractivity (Wildman–Crippen MR) is 111 cm³/mol. The van der Waals surface area contributed by atoms with Crippen molar-refractivity contribution in [3.8, 4) is 0 Å². The second-order valence-electron chi connectivity index (χ2n) is 6.37. The summed E-state index contributed by atoms with van der Waals surface area (Å²) in [5.41, 5.74) is 0. The van der Waals surface area contributed by atoms with E-state index < -0.39 is 10.0 Å². The van der Waals surface area contributed by atoms with Gasteiger partial charge < -0.3 is 15.1 Å². The molecule has 1 saturated heterocycles. The number of aliphatic imine (C=N–C) groups is 1. The van der Waals surface area contributed by atoms with Crippen LogP contribution in [0.3, 0.4) is 0 Å². The highest BCUT2D eigenvalue weighted by molar-refractivity contribution is 14.0. The lowest BCUT2D eigenvalue weighted by molar-refractivity contribution is 0.274. The molecular formula is C16H29IN4O3S. The number of nitrogens with one attached hydrogen (secondary N) is 2. The lowest BCUT2D eigenvalue weighted by Gasteiger charge is -2.30. The average Bonchev–Trinajstić information content (AvgIpc) is 2.97. The van der Waals surface area contributed by atoms with E-state index in [9.17, 15) is 8.42 Å². The van der Waals surface area contributed by atoms with E-state index in [-0.39, 0.29) is 30.0 Å². The Morgan fingerprint density at radius 2 is 2.04 bits per heavy atom. The lowest BCUT2D eigenvalue weighted by Crippen LogP contribution is -2.44. The zero-order valence-electron chi connectivity index (χ0n) is 15.3. The third-order valence-corrected chi connectivity index (χ3v) is 5.67. The highest BCUT2D eigenvalue weighted by Gasteiger charge is 2.25. The van der Waals surface area contributed by atoms with Gasteiger partial charge in [-0.15, -0.1) is 24.0 Å². The summed E-state index contributed by atoms with van der Waals surface area (Å²) >= 11 is 0. The first kappa shape index (κ1) is 22.2. The van der Waals surface area contributed by atoms with E-state index in [1.165, 1.54) is 6.26 Å². The Hall–Kier alpha value is -0.810. The highest BCUT2D eigenvalue weighted by Crippen LogP contribution is 2.18. The molecule has 1 aromatic rings. The Morgan fingerprint density at radius 3 is 2.52 bits per heavy atom. The zero-order valence-corrected chi connectivity index (χ0v) is 18.4. The minimum absolute atomic E-state index is 0. The summed E-state index contributed by atoms with van der Waals surface area (Å²) in [4.78, 5) is 4.25. The first-order valence-corrected chi connectivity index (χ1v) is 10.1. The number of hydrogen-bond donors (Lipinski definition) is 2. The zero-order chi connectivity index (χ0) is 17.7. The van der Waals surface area contributed by atoms with Gasteiger partial charge in [-0.2, -0.15) is 0 Å². The van der Waals surface area contributed by atoms with Crippen LogP contribution in [0.1, 0.15) is 37.3 Å². The van der Waals surface area contributed by atoms with Gasteiger partial charge in [-0.25, -0.2) is 12.7 Å². The number of furan rings is 1. The Kier molecular flexibility index (Phi) is 8.69. The lowest BCUT2D eigenvalue weighted by atomic mass is 9.98. The van der Waals surface area contributed by atoms with Crippen LogP contribution in [0.25, 0.3) is 0 Å². The van der Waals surface area contributed by atoms with Crippen molar-refractivity contribution < 1.29 is 12.8 Å². The maximum absolute atomic E-state index is 11.5. The summed E-state index contributed by atoms with van der Waals surface area (Å²) in [5, 5.41) is 6.64. The number of guanidine groups is 1. The fourth-order valence-corrected chi connectivity index (χ4v) is 3.72. The molecule has 1 unspecified atom stereocenters. The normalized spacial score (nSPS) is 18.5. The molecule has 7 nitrogen and oxygen atoms in total. The Bertz CT molecular complexity index is 667. The first-order chi connectivity index (χ1) is 11.3. The van der Waals surface area contributed by atoms with Crippen LogP contribution in [-0.4, -0.2) is 51.6 Å². The largest absolute Gasteiger partial charge is 0.464 e.